The maximum Gasteiger partial charge on any atom is 0.253 e. The summed E-state index contributed by atoms with van der Waals surface area (Å²) in [5.41, 5.74) is 1.81. The van der Waals surface area contributed by atoms with Gasteiger partial charge in [0.25, 0.3) is 5.91 Å². The zero-order valence-corrected chi connectivity index (χ0v) is 14.5. The summed E-state index contributed by atoms with van der Waals surface area (Å²) in [5, 5.41) is 8.35. The van der Waals surface area contributed by atoms with Gasteiger partial charge in [0.05, 0.1) is 6.54 Å². The van der Waals surface area contributed by atoms with Crippen molar-refractivity contribution < 1.29 is 4.79 Å². The lowest BCUT2D eigenvalue weighted by Gasteiger charge is -2.34. The van der Waals surface area contributed by atoms with E-state index in [-0.39, 0.29) is 5.91 Å². The van der Waals surface area contributed by atoms with Crippen LogP contribution in [0.15, 0.2) is 67.0 Å². The zero-order valence-electron chi connectivity index (χ0n) is 14.5. The van der Waals surface area contributed by atoms with Gasteiger partial charge in [-0.05, 0) is 24.3 Å². The van der Waals surface area contributed by atoms with Crippen LogP contribution in [-0.2, 0) is 6.54 Å². The van der Waals surface area contributed by atoms with Crippen LogP contribution in [0.4, 0.5) is 0 Å². The summed E-state index contributed by atoms with van der Waals surface area (Å²) in [6.07, 6.45) is 1.75. The van der Waals surface area contributed by atoms with Crippen LogP contribution in [0, 0.1) is 0 Å². The van der Waals surface area contributed by atoms with Gasteiger partial charge in [0.1, 0.15) is 6.33 Å². The van der Waals surface area contributed by atoms with Crippen molar-refractivity contribution in [1.82, 2.24) is 24.6 Å². The molecular formula is C20H21N5O. The Morgan fingerprint density at radius 3 is 2.23 bits per heavy atom. The molecule has 0 saturated carbocycles. The second-order valence-electron chi connectivity index (χ2n) is 6.39. The second-order valence-corrected chi connectivity index (χ2v) is 6.39. The minimum Gasteiger partial charge on any atom is -0.336 e. The monoisotopic (exact) mass is 347 g/mol. The van der Waals surface area contributed by atoms with Crippen LogP contribution in [0.5, 0.6) is 0 Å². The maximum absolute atomic E-state index is 12.5. The summed E-state index contributed by atoms with van der Waals surface area (Å²) >= 11 is 0. The average Bonchev–Trinajstić information content (AvgIpc) is 3.17. The highest BCUT2D eigenvalue weighted by Gasteiger charge is 2.23. The van der Waals surface area contributed by atoms with Crippen LogP contribution in [0.1, 0.15) is 16.2 Å². The van der Waals surface area contributed by atoms with E-state index in [1.807, 2.05) is 70.1 Å². The molecule has 0 N–H and O–H groups in total. The predicted octanol–water partition coefficient (Wildman–Crippen LogP) is 2.23. The van der Waals surface area contributed by atoms with Crippen LogP contribution >= 0.6 is 0 Å². The Kier molecular flexibility index (Phi) is 4.75. The molecule has 1 saturated heterocycles. The molecule has 1 aliphatic heterocycles. The molecule has 3 aromatic rings. The van der Waals surface area contributed by atoms with Gasteiger partial charge in [0.15, 0.2) is 5.82 Å². The van der Waals surface area contributed by atoms with Crippen molar-refractivity contribution in [3.05, 3.63) is 78.4 Å². The van der Waals surface area contributed by atoms with Gasteiger partial charge in [0.2, 0.25) is 0 Å². The topological polar surface area (TPSA) is 54.3 Å². The summed E-state index contributed by atoms with van der Waals surface area (Å²) in [4.78, 5) is 16.8. The molecule has 4 rings (SSSR count). The third kappa shape index (κ3) is 3.50. The fraction of sp³-hybridized carbons (Fsp3) is 0.250. The number of piperazine rings is 1. The molecular weight excluding hydrogens is 326 g/mol. The number of amides is 1. The van der Waals surface area contributed by atoms with Crippen molar-refractivity contribution in [2.45, 2.75) is 6.54 Å². The lowest BCUT2D eigenvalue weighted by atomic mass is 10.2. The Morgan fingerprint density at radius 2 is 1.54 bits per heavy atom. The number of aromatic nitrogens is 3. The van der Waals surface area contributed by atoms with Gasteiger partial charge in [0, 0.05) is 37.4 Å². The lowest BCUT2D eigenvalue weighted by molar-refractivity contribution is 0.0624. The SMILES string of the molecule is O=C(c1ccccc1)N1CCN(Cc2nncn2-c2ccccc2)CC1. The third-order valence-electron chi connectivity index (χ3n) is 4.70. The molecule has 132 valence electrons. The van der Waals surface area contributed by atoms with E-state index in [2.05, 4.69) is 15.1 Å². The largest absolute Gasteiger partial charge is 0.336 e. The molecule has 6 nitrogen and oxygen atoms in total. The zero-order chi connectivity index (χ0) is 17.8. The summed E-state index contributed by atoms with van der Waals surface area (Å²) in [5.74, 6) is 1.02. The maximum atomic E-state index is 12.5. The van der Waals surface area contributed by atoms with Gasteiger partial charge in [-0.1, -0.05) is 36.4 Å². The van der Waals surface area contributed by atoms with E-state index in [1.165, 1.54) is 0 Å². The minimum absolute atomic E-state index is 0.109. The number of hydrogen-bond donors (Lipinski definition) is 0. The molecule has 0 radical (unpaired) electrons. The quantitative estimate of drug-likeness (QED) is 0.726. The molecule has 0 spiro atoms. The highest BCUT2D eigenvalue weighted by molar-refractivity contribution is 5.94. The number of benzene rings is 2. The molecule has 0 aliphatic carbocycles. The smallest absolute Gasteiger partial charge is 0.253 e. The van der Waals surface area contributed by atoms with E-state index >= 15 is 0 Å². The molecule has 0 unspecified atom stereocenters. The van der Waals surface area contributed by atoms with E-state index in [1.54, 1.807) is 6.33 Å². The normalized spacial score (nSPS) is 15.2. The van der Waals surface area contributed by atoms with Gasteiger partial charge < -0.3 is 4.90 Å². The highest BCUT2D eigenvalue weighted by atomic mass is 16.2. The third-order valence-corrected chi connectivity index (χ3v) is 4.70. The second kappa shape index (κ2) is 7.49. The molecule has 0 atom stereocenters. The number of rotatable bonds is 4. The molecule has 2 aromatic carbocycles. The van der Waals surface area contributed by atoms with Crippen LogP contribution in [0.2, 0.25) is 0 Å². The van der Waals surface area contributed by atoms with Gasteiger partial charge >= 0.3 is 0 Å². The van der Waals surface area contributed by atoms with E-state index in [0.29, 0.717) is 0 Å². The van der Waals surface area contributed by atoms with Crippen molar-refractivity contribution in [3.8, 4) is 5.69 Å². The molecule has 26 heavy (non-hydrogen) atoms. The Balaban J connectivity index is 1.38. The van der Waals surface area contributed by atoms with E-state index < -0.39 is 0 Å². The van der Waals surface area contributed by atoms with Gasteiger partial charge in [-0.3, -0.25) is 14.3 Å². The Hall–Kier alpha value is -2.99. The van der Waals surface area contributed by atoms with Gasteiger partial charge in [-0.15, -0.1) is 10.2 Å². The molecule has 2 heterocycles. The Labute approximate surface area is 152 Å². The Morgan fingerprint density at radius 1 is 0.885 bits per heavy atom. The summed E-state index contributed by atoms with van der Waals surface area (Å²) in [6, 6.07) is 19.6. The van der Waals surface area contributed by atoms with Crippen molar-refractivity contribution in [1.29, 1.82) is 0 Å². The van der Waals surface area contributed by atoms with E-state index in [9.17, 15) is 4.79 Å². The molecule has 1 fully saturated rings. The first-order valence-corrected chi connectivity index (χ1v) is 8.82. The number of carbonyl (C=O) groups excluding carboxylic acids is 1. The molecule has 1 aromatic heterocycles. The van der Waals surface area contributed by atoms with Crippen molar-refractivity contribution in [3.63, 3.8) is 0 Å². The molecule has 6 heteroatoms. The standard InChI is InChI=1S/C20H21N5O/c26-20(17-7-3-1-4-8-17)24-13-11-23(12-14-24)15-19-22-21-16-25(19)18-9-5-2-6-10-18/h1-10,16H,11-15H2. The lowest BCUT2D eigenvalue weighted by Crippen LogP contribution is -2.48. The Bertz CT molecular complexity index is 854. The number of nitrogens with zero attached hydrogens (tertiary/aromatic N) is 5. The van der Waals surface area contributed by atoms with E-state index in [4.69, 9.17) is 0 Å². The minimum atomic E-state index is 0.109. The van der Waals surface area contributed by atoms with Crippen LogP contribution < -0.4 is 0 Å². The van der Waals surface area contributed by atoms with Crippen LogP contribution in [-0.4, -0.2) is 56.7 Å². The van der Waals surface area contributed by atoms with Crippen molar-refractivity contribution >= 4 is 5.91 Å². The fourth-order valence-corrected chi connectivity index (χ4v) is 3.24. The van der Waals surface area contributed by atoms with E-state index in [0.717, 1.165) is 49.8 Å². The first-order chi connectivity index (χ1) is 12.8. The molecule has 1 aliphatic rings. The summed E-state index contributed by atoms with van der Waals surface area (Å²) in [7, 11) is 0. The summed E-state index contributed by atoms with van der Waals surface area (Å²) < 4.78 is 2.02. The van der Waals surface area contributed by atoms with Crippen molar-refractivity contribution in [2.24, 2.45) is 0 Å². The van der Waals surface area contributed by atoms with Gasteiger partial charge in [-0.2, -0.15) is 0 Å². The van der Waals surface area contributed by atoms with Crippen LogP contribution in [0.3, 0.4) is 0 Å². The molecule has 1 amide bonds. The fourth-order valence-electron chi connectivity index (χ4n) is 3.24. The number of para-hydroxylation sites is 1. The van der Waals surface area contributed by atoms with Gasteiger partial charge in [-0.25, -0.2) is 0 Å². The first kappa shape index (κ1) is 16.5. The van der Waals surface area contributed by atoms with Crippen LogP contribution in [0.25, 0.3) is 5.69 Å². The van der Waals surface area contributed by atoms with Crippen molar-refractivity contribution in [2.75, 3.05) is 26.2 Å². The number of hydrogen-bond acceptors (Lipinski definition) is 4. The highest BCUT2D eigenvalue weighted by Crippen LogP contribution is 2.13. The predicted molar refractivity (Wildman–Crippen MR) is 99.0 cm³/mol. The summed E-state index contributed by atoms with van der Waals surface area (Å²) in [6.45, 7) is 3.85. The molecule has 0 bridgehead atoms. The number of carbonyl (C=O) groups is 1. The first-order valence-electron chi connectivity index (χ1n) is 8.82. The average molecular weight is 347 g/mol.